The molecule has 1 radical (unpaired) electrons. The minimum Gasteiger partial charge on any atom is -0.490 e. The molecule has 2 N–H and O–H groups in total. The van der Waals surface area contributed by atoms with Crippen molar-refractivity contribution in [3.8, 4) is 5.75 Å². The van der Waals surface area contributed by atoms with Crippen molar-refractivity contribution in [1.29, 1.82) is 0 Å². The van der Waals surface area contributed by atoms with Gasteiger partial charge in [-0.15, -0.1) is 10.2 Å². The van der Waals surface area contributed by atoms with Gasteiger partial charge in [-0.2, -0.15) is 0 Å². The summed E-state index contributed by atoms with van der Waals surface area (Å²) < 4.78 is 5.67. The molecule has 1 unspecified atom stereocenters. The molecule has 0 aliphatic heterocycles. The Balaban J connectivity index is 1.81. The molecular weight excluding hydrogens is 262 g/mol. The topological polar surface area (TPSA) is 71.0 Å². The van der Waals surface area contributed by atoms with E-state index in [1.54, 1.807) is 0 Å². The lowest BCUT2D eigenvalue weighted by Gasteiger charge is -2.14. The van der Waals surface area contributed by atoms with E-state index in [-0.39, 0.29) is 6.61 Å². The Morgan fingerprint density at radius 1 is 1.42 bits per heavy atom. The molecule has 0 bridgehead atoms. The Bertz CT molecular complexity index is 496. The summed E-state index contributed by atoms with van der Waals surface area (Å²) in [6, 6.07) is 6.78. The quantitative estimate of drug-likeness (QED) is 0.788. The van der Waals surface area contributed by atoms with Gasteiger partial charge in [-0.1, -0.05) is 11.8 Å². The van der Waals surface area contributed by atoms with Crippen LogP contribution < -0.4 is 4.74 Å². The Hall–Kier alpha value is -1.53. The molecule has 0 fully saturated rings. The van der Waals surface area contributed by atoms with Gasteiger partial charge in [0.2, 0.25) is 0 Å². The third kappa shape index (κ3) is 3.97. The molecule has 1 heterocycles. The second-order valence-electron chi connectivity index (χ2n) is 4.22. The van der Waals surface area contributed by atoms with E-state index in [0.717, 1.165) is 16.9 Å². The van der Waals surface area contributed by atoms with Crippen LogP contribution in [0.15, 0.2) is 23.6 Å². The fourth-order valence-corrected chi connectivity index (χ4v) is 2.32. The molecule has 5 nitrogen and oxygen atoms in total. The zero-order valence-electron chi connectivity index (χ0n) is 10.9. The number of aliphatic hydroxyl groups excluding tert-OH is 1. The maximum absolute atomic E-state index is 9.88. The van der Waals surface area contributed by atoms with Crippen LogP contribution in [0.5, 0.6) is 5.75 Å². The number of nitrogens with one attached hydrogen (secondary N) is 1. The molecule has 1 aromatic heterocycles. The van der Waals surface area contributed by atoms with Gasteiger partial charge < -0.3 is 14.8 Å². The number of rotatable bonds is 6. The largest absolute Gasteiger partial charge is 0.490 e. The highest BCUT2D eigenvalue weighted by Gasteiger charge is 2.10. The molecule has 2 rings (SSSR count). The van der Waals surface area contributed by atoms with E-state index in [1.807, 2.05) is 26.0 Å². The van der Waals surface area contributed by atoms with E-state index < -0.39 is 6.10 Å². The Morgan fingerprint density at radius 3 is 2.79 bits per heavy atom. The lowest BCUT2D eigenvalue weighted by Crippen LogP contribution is -2.20. The summed E-state index contributed by atoms with van der Waals surface area (Å²) >= 11 is 1.41. The molecular formula is C13H16N3O2S. The Labute approximate surface area is 116 Å². The van der Waals surface area contributed by atoms with Gasteiger partial charge in [0, 0.05) is 5.75 Å². The number of aromatic nitrogens is 3. The molecule has 0 saturated carbocycles. The molecule has 0 aliphatic carbocycles. The van der Waals surface area contributed by atoms with Crippen LogP contribution in [0.4, 0.5) is 0 Å². The summed E-state index contributed by atoms with van der Waals surface area (Å²) in [6.07, 6.45) is 0.955. The first kappa shape index (κ1) is 13.9. The van der Waals surface area contributed by atoms with Crippen molar-refractivity contribution in [2.24, 2.45) is 0 Å². The number of hydrogen-bond acceptors (Lipinski definition) is 5. The molecule has 2 aromatic rings. The molecule has 1 aromatic carbocycles. The monoisotopic (exact) mass is 278 g/mol. The lowest BCUT2D eigenvalue weighted by molar-refractivity contribution is 0.125. The number of aryl methyl sites for hydroxylation is 2. The standard InChI is InChI=1S/C13H16N3O2S/c1-9-4-3-5-10(2)12(9)18-6-11(17)7-19-13-14-8-15-16-13/h4-5,8,11,17H,6-7H2,1-2H3,(H,14,15,16). The molecule has 6 heteroatoms. The number of nitrogens with zero attached hydrogens (tertiary/aromatic N) is 2. The SMILES string of the molecule is Cc1c[c]cc(C)c1OCC(O)CSc1nnc[nH]1. The minimum atomic E-state index is -0.557. The number of benzene rings is 1. The number of hydrogen-bond donors (Lipinski definition) is 2. The lowest BCUT2D eigenvalue weighted by atomic mass is 10.1. The summed E-state index contributed by atoms with van der Waals surface area (Å²) in [5.74, 6) is 1.33. The molecule has 19 heavy (non-hydrogen) atoms. The summed E-state index contributed by atoms with van der Waals surface area (Å²) in [6.45, 7) is 4.19. The van der Waals surface area contributed by atoms with Crippen molar-refractivity contribution in [1.82, 2.24) is 15.2 Å². The van der Waals surface area contributed by atoms with Crippen LogP contribution in [0, 0.1) is 19.9 Å². The van der Waals surface area contributed by atoms with Gasteiger partial charge in [0.05, 0.1) is 6.10 Å². The van der Waals surface area contributed by atoms with Gasteiger partial charge in [0.1, 0.15) is 18.7 Å². The zero-order valence-corrected chi connectivity index (χ0v) is 11.7. The van der Waals surface area contributed by atoms with Crippen molar-refractivity contribution in [2.75, 3.05) is 12.4 Å². The van der Waals surface area contributed by atoms with Gasteiger partial charge in [0.15, 0.2) is 5.16 Å². The van der Waals surface area contributed by atoms with E-state index in [4.69, 9.17) is 4.74 Å². The van der Waals surface area contributed by atoms with Gasteiger partial charge in [0.25, 0.3) is 0 Å². The number of aliphatic hydroxyl groups is 1. The second kappa shape index (κ2) is 6.58. The molecule has 0 amide bonds. The summed E-state index contributed by atoms with van der Waals surface area (Å²) in [7, 11) is 0. The van der Waals surface area contributed by atoms with E-state index in [2.05, 4.69) is 21.2 Å². The number of aromatic amines is 1. The minimum absolute atomic E-state index is 0.257. The predicted molar refractivity (Wildman–Crippen MR) is 73.4 cm³/mol. The van der Waals surface area contributed by atoms with Crippen molar-refractivity contribution < 1.29 is 9.84 Å². The first-order chi connectivity index (χ1) is 9.16. The fraction of sp³-hybridized carbons (Fsp3) is 0.385. The number of H-pyrrole nitrogens is 1. The predicted octanol–water partition coefficient (Wildman–Crippen LogP) is 1.75. The fourth-order valence-electron chi connectivity index (χ4n) is 1.63. The molecule has 1 atom stereocenters. The number of ether oxygens (including phenoxy) is 1. The number of thioether (sulfide) groups is 1. The highest BCUT2D eigenvalue weighted by molar-refractivity contribution is 7.99. The highest BCUT2D eigenvalue weighted by atomic mass is 32.2. The van der Waals surface area contributed by atoms with Crippen LogP contribution in [0.1, 0.15) is 11.1 Å². The smallest absolute Gasteiger partial charge is 0.188 e. The van der Waals surface area contributed by atoms with Crippen LogP contribution in [0.25, 0.3) is 0 Å². The average molecular weight is 278 g/mol. The molecule has 0 aliphatic rings. The maximum Gasteiger partial charge on any atom is 0.188 e. The van der Waals surface area contributed by atoms with Crippen molar-refractivity contribution in [2.45, 2.75) is 25.1 Å². The average Bonchev–Trinajstić information content (AvgIpc) is 2.89. The van der Waals surface area contributed by atoms with Crippen molar-refractivity contribution in [3.05, 3.63) is 35.7 Å². The van der Waals surface area contributed by atoms with Crippen LogP contribution in [0.3, 0.4) is 0 Å². The van der Waals surface area contributed by atoms with Crippen LogP contribution in [-0.2, 0) is 0 Å². The summed E-state index contributed by atoms with van der Waals surface area (Å²) in [5.41, 5.74) is 2.05. The van der Waals surface area contributed by atoms with Gasteiger partial charge in [-0.25, -0.2) is 0 Å². The van der Waals surface area contributed by atoms with E-state index in [0.29, 0.717) is 10.9 Å². The summed E-state index contributed by atoms with van der Waals surface area (Å²) in [5, 5.41) is 18.1. The first-order valence-electron chi connectivity index (χ1n) is 5.94. The van der Waals surface area contributed by atoms with Crippen LogP contribution >= 0.6 is 11.8 Å². The van der Waals surface area contributed by atoms with Crippen molar-refractivity contribution >= 4 is 11.8 Å². The third-order valence-electron chi connectivity index (χ3n) is 2.54. The normalized spacial score (nSPS) is 12.4. The third-order valence-corrected chi connectivity index (χ3v) is 3.57. The van der Waals surface area contributed by atoms with Crippen molar-refractivity contribution in [3.63, 3.8) is 0 Å². The molecule has 0 saturated heterocycles. The first-order valence-corrected chi connectivity index (χ1v) is 6.92. The van der Waals surface area contributed by atoms with E-state index in [9.17, 15) is 5.11 Å². The second-order valence-corrected chi connectivity index (χ2v) is 5.23. The Kier molecular flexibility index (Phi) is 4.81. The Morgan fingerprint density at radius 2 is 2.16 bits per heavy atom. The van der Waals surface area contributed by atoms with E-state index >= 15 is 0 Å². The van der Waals surface area contributed by atoms with Gasteiger partial charge in [-0.05, 0) is 43.2 Å². The highest BCUT2D eigenvalue weighted by Crippen LogP contribution is 2.22. The maximum atomic E-state index is 9.88. The van der Waals surface area contributed by atoms with Crippen LogP contribution in [0.2, 0.25) is 0 Å². The zero-order chi connectivity index (χ0) is 13.7. The van der Waals surface area contributed by atoms with Gasteiger partial charge >= 0.3 is 0 Å². The molecule has 101 valence electrons. The summed E-state index contributed by atoms with van der Waals surface area (Å²) in [4.78, 5) is 2.87. The van der Waals surface area contributed by atoms with Gasteiger partial charge in [-0.3, -0.25) is 0 Å². The molecule has 0 spiro atoms. The van der Waals surface area contributed by atoms with E-state index in [1.165, 1.54) is 18.1 Å². The van der Waals surface area contributed by atoms with Crippen LogP contribution in [-0.4, -0.2) is 38.8 Å².